The van der Waals surface area contributed by atoms with Crippen LogP contribution in [-0.4, -0.2) is 28.9 Å². The highest BCUT2D eigenvalue weighted by Gasteiger charge is 2.30. The van der Waals surface area contributed by atoms with Crippen molar-refractivity contribution in [2.24, 2.45) is 0 Å². The van der Waals surface area contributed by atoms with E-state index in [9.17, 15) is 9.90 Å². The van der Waals surface area contributed by atoms with Gasteiger partial charge in [-0.3, -0.25) is 0 Å². The number of carbonyl (C=O) groups is 1. The van der Waals surface area contributed by atoms with Gasteiger partial charge in [0.1, 0.15) is 5.75 Å². The van der Waals surface area contributed by atoms with E-state index in [4.69, 9.17) is 9.84 Å². The second-order valence-electron chi connectivity index (χ2n) is 4.06. The zero-order chi connectivity index (χ0) is 12.3. The molecule has 4 nitrogen and oxygen atoms in total. The Balaban J connectivity index is 2.91. The summed E-state index contributed by atoms with van der Waals surface area (Å²) in [5.74, 6) is -0.473. The van der Waals surface area contributed by atoms with Gasteiger partial charge < -0.3 is 14.9 Å². The van der Waals surface area contributed by atoms with Crippen molar-refractivity contribution in [2.45, 2.75) is 25.9 Å². The second kappa shape index (κ2) is 4.53. The SMILES string of the molecule is COc1ccc(CC(C)(O)C(=O)O)cc1C. The summed E-state index contributed by atoms with van der Waals surface area (Å²) in [6.07, 6.45) is 0.0766. The first-order valence-electron chi connectivity index (χ1n) is 4.96. The Labute approximate surface area is 94.5 Å². The summed E-state index contributed by atoms with van der Waals surface area (Å²) in [5, 5.41) is 18.4. The molecule has 0 saturated heterocycles. The summed E-state index contributed by atoms with van der Waals surface area (Å²) in [6.45, 7) is 3.16. The molecule has 2 N–H and O–H groups in total. The lowest BCUT2D eigenvalue weighted by Gasteiger charge is -2.18. The van der Waals surface area contributed by atoms with Crippen LogP contribution in [0.3, 0.4) is 0 Å². The van der Waals surface area contributed by atoms with Crippen LogP contribution in [0.1, 0.15) is 18.1 Å². The van der Waals surface area contributed by atoms with Gasteiger partial charge in [0.15, 0.2) is 5.60 Å². The molecule has 0 aliphatic rings. The van der Waals surface area contributed by atoms with Crippen molar-refractivity contribution < 1.29 is 19.7 Å². The maximum absolute atomic E-state index is 10.8. The van der Waals surface area contributed by atoms with Gasteiger partial charge in [0.05, 0.1) is 7.11 Å². The molecule has 4 heteroatoms. The molecule has 0 aliphatic carbocycles. The van der Waals surface area contributed by atoms with E-state index in [-0.39, 0.29) is 6.42 Å². The molecule has 1 atom stereocenters. The van der Waals surface area contributed by atoms with Gasteiger partial charge in [0.25, 0.3) is 0 Å². The third-order valence-electron chi connectivity index (χ3n) is 2.47. The Hall–Kier alpha value is -1.55. The minimum Gasteiger partial charge on any atom is -0.496 e. The number of aryl methyl sites for hydroxylation is 1. The molecule has 16 heavy (non-hydrogen) atoms. The minimum absolute atomic E-state index is 0.0766. The van der Waals surface area contributed by atoms with Crippen molar-refractivity contribution in [2.75, 3.05) is 7.11 Å². The molecule has 1 aromatic rings. The largest absolute Gasteiger partial charge is 0.496 e. The van der Waals surface area contributed by atoms with E-state index >= 15 is 0 Å². The van der Waals surface area contributed by atoms with E-state index in [2.05, 4.69) is 0 Å². The second-order valence-corrected chi connectivity index (χ2v) is 4.06. The van der Waals surface area contributed by atoms with Crippen LogP contribution in [0.5, 0.6) is 5.75 Å². The number of aliphatic carboxylic acids is 1. The highest BCUT2D eigenvalue weighted by molar-refractivity contribution is 5.77. The molecule has 0 fully saturated rings. The molecule has 0 heterocycles. The average Bonchev–Trinajstić information content (AvgIpc) is 2.17. The number of ether oxygens (including phenoxy) is 1. The summed E-state index contributed by atoms with van der Waals surface area (Å²) < 4.78 is 5.10. The predicted molar refractivity (Wildman–Crippen MR) is 59.7 cm³/mol. The monoisotopic (exact) mass is 224 g/mol. The Bertz CT molecular complexity index is 396. The predicted octanol–water partition coefficient (Wildman–Crippen LogP) is 1.38. The van der Waals surface area contributed by atoms with E-state index < -0.39 is 11.6 Å². The van der Waals surface area contributed by atoms with Crippen LogP contribution in [0.4, 0.5) is 0 Å². The lowest BCUT2D eigenvalue weighted by atomic mass is 9.95. The van der Waals surface area contributed by atoms with E-state index in [0.29, 0.717) is 0 Å². The van der Waals surface area contributed by atoms with Crippen LogP contribution in [-0.2, 0) is 11.2 Å². The molecular formula is C12H16O4. The van der Waals surface area contributed by atoms with Crippen molar-refractivity contribution in [3.63, 3.8) is 0 Å². The Kier molecular flexibility index (Phi) is 3.55. The standard InChI is InChI=1S/C12H16O4/c1-8-6-9(4-5-10(8)16-3)7-12(2,15)11(13)14/h4-6,15H,7H2,1-3H3,(H,13,14). The molecule has 1 unspecified atom stereocenters. The van der Waals surface area contributed by atoms with Gasteiger partial charge in [-0.25, -0.2) is 4.79 Å². The Morgan fingerprint density at radius 2 is 2.12 bits per heavy atom. The number of carboxylic acid groups (broad SMARTS) is 1. The number of hydrogen-bond donors (Lipinski definition) is 2. The van der Waals surface area contributed by atoms with Crippen LogP contribution in [0.15, 0.2) is 18.2 Å². The maximum Gasteiger partial charge on any atom is 0.335 e. The average molecular weight is 224 g/mol. The fraction of sp³-hybridized carbons (Fsp3) is 0.417. The third kappa shape index (κ3) is 2.73. The van der Waals surface area contributed by atoms with Crippen LogP contribution in [0.2, 0.25) is 0 Å². The summed E-state index contributed by atoms with van der Waals surface area (Å²) in [5.41, 5.74) is -0.0482. The van der Waals surface area contributed by atoms with Gasteiger partial charge in [-0.1, -0.05) is 12.1 Å². The molecule has 0 aliphatic heterocycles. The topological polar surface area (TPSA) is 66.8 Å². The quantitative estimate of drug-likeness (QED) is 0.810. The Morgan fingerprint density at radius 1 is 1.50 bits per heavy atom. The zero-order valence-corrected chi connectivity index (χ0v) is 9.65. The molecular weight excluding hydrogens is 208 g/mol. The first-order chi connectivity index (χ1) is 7.36. The smallest absolute Gasteiger partial charge is 0.335 e. The third-order valence-corrected chi connectivity index (χ3v) is 2.47. The van der Waals surface area contributed by atoms with E-state index in [0.717, 1.165) is 16.9 Å². The Morgan fingerprint density at radius 3 is 2.56 bits per heavy atom. The van der Waals surface area contributed by atoms with Crippen molar-refractivity contribution in [3.8, 4) is 5.75 Å². The number of benzene rings is 1. The molecule has 0 bridgehead atoms. The fourth-order valence-electron chi connectivity index (χ4n) is 1.52. The van der Waals surface area contributed by atoms with Crippen molar-refractivity contribution in [3.05, 3.63) is 29.3 Å². The van der Waals surface area contributed by atoms with Gasteiger partial charge in [-0.15, -0.1) is 0 Å². The normalized spacial score (nSPS) is 14.2. The number of methoxy groups -OCH3 is 1. The van der Waals surface area contributed by atoms with Crippen LogP contribution < -0.4 is 4.74 Å². The molecule has 1 aromatic carbocycles. The molecule has 0 amide bonds. The van der Waals surface area contributed by atoms with Crippen LogP contribution in [0.25, 0.3) is 0 Å². The molecule has 1 rings (SSSR count). The number of carboxylic acids is 1. The highest BCUT2D eigenvalue weighted by Crippen LogP contribution is 2.21. The van der Waals surface area contributed by atoms with Crippen LogP contribution in [0, 0.1) is 6.92 Å². The zero-order valence-electron chi connectivity index (χ0n) is 9.65. The van der Waals surface area contributed by atoms with Gasteiger partial charge in [-0.2, -0.15) is 0 Å². The fourth-order valence-corrected chi connectivity index (χ4v) is 1.52. The first-order valence-corrected chi connectivity index (χ1v) is 4.96. The lowest BCUT2D eigenvalue weighted by molar-refractivity contribution is -0.156. The lowest BCUT2D eigenvalue weighted by Crippen LogP contribution is -2.37. The highest BCUT2D eigenvalue weighted by atomic mass is 16.5. The molecule has 0 spiro atoms. The van der Waals surface area contributed by atoms with E-state index in [1.165, 1.54) is 6.92 Å². The maximum atomic E-state index is 10.8. The summed E-state index contributed by atoms with van der Waals surface area (Å²) >= 11 is 0. The van der Waals surface area contributed by atoms with E-state index in [1.54, 1.807) is 19.2 Å². The van der Waals surface area contributed by atoms with Gasteiger partial charge >= 0.3 is 5.97 Å². The van der Waals surface area contributed by atoms with Crippen molar-refractivity contribution in [1.82, 2.24) is 0 Å². The molecule has 0 radical (unpaired) electrons. The molecule has 88 valence electrons. The molecule has 0 saturated carbocycles. The summed E-state index contributed by atoms with van der Waals surface area (Å²) in [6, 6.07) is 5.34. The summed E-state index contributed by atoms with van der Waals surface area (Å²) in [7, 11) is 1.58. The first kappa shape index (κ1) is 12.5. The van der Waals surface area contributed by atoms with Crippen LogP contribution >= 0.6 is 0 Å². The van der Waals surface area contributed by atoms with E-state index in [1.807, 2.05) is 13.0 Å². The number of aliphatic hydroxyl groups is 1. The number of rotatable bonds is 4. The van der Waals surface area contributed by atoms with Gasteiger partial charge in [0.2, 0.25) is 0 Å². The minimum atomic E-state index is -1.74. The van der Waals surface area contributed by atoms with Crippen molar-refractivity contribution in [1.29, 1.82) is 0 Å². The number of hydrogen-bond acceptors (Lipinski definition) is 3. The molecule has 0 aromatic heterocycles. The summed E-state index contributed by atoms with van der Waals surface area (Å²) in [4.78, 5) is 10.8. The van der Waals surface area contributed by atoms with Gasteiger partial charge in [0, 0.05) is 6.42 Å². The van der Waals surface area contributed by atoms with Crippen molar-refractivity contribution >= 4 is 5.97 Å². The van der Waals surface area contributed by atoms with Gasteiger partial charge in [-0.05, 0) is 31.0 Å².